The van der Waals surface area contributed by atoms with Crippen molar-refractivity contribution in [3.8, 4) is 0 Å². The second-order valence-electron chi connectivity index (χ2n) is 4.99. The molecule has 0 aliphatic rings. The Hall–Kier alpha value is -2.69. The second kappa shape index (κ2) is 7.54. The lowest BCUT2D eigenvalue weighted by molar-refractivity contribution is 0.0773. The maximum Gasteiger partial charge on any atom is 0.255 e. The van der Waals surface area contributed by atoms with E-state index in [1.54, 1.807) is 35.2 Å². The fraction of sp³-hybridized carbons (Fsp3) is 0.222. The number of para-hydroxylation sites is 1. The number of benzene rings is 2. The van der Waals surface area contributed by atoms with Crippen molar-refractivity contribution >= 4 is 17.5 Å². The molecule has 0 spiro atoms. The van der Waals surface area contributed by atoms with Gasteiger partial charge >= 0.3 is 0 Å². The van der Waals surface area contributed by atoms with E-state index in [0.29, 0.717) is 24.2 Å². The van der Waals surface area contributed by atoms with E-state index in [1.807, 2.05) is 13.8 Å². The number of hydrogen-bond donors (Lipinski definition) is 1. The number of carbonyl (C=O) groups excluding carboxylic acids is 2. The molecule has 0 aromatic heterocycles. The Bertz CT molecular complexity index is 712. The summed E-state index contributed by atoms with van der Waals surface area (Å²) in [4.78, 5) is 26.3. The maximum absolute atomic E-state index is 13.6. The summed E-state index contributed by atoms with van der Waals surface area (Å²) < 4.78 is 13.6. The molecule has 0 fully saturated rings. The predicted molar refractivity (Wildman–Crippen MR) is 88.0 cm³/mol. The molecule has 120 valence electrons. The molecule has 1 N–H and O–H groups in total. The van der Waals surface area contributed by atoms with Gasteiger partial charge in [0, 0.05) is 24.2 Å². The van der Waals surface area contributed by atoms with Crippen LogP contribution in [0.3, 0.4) is 0 Å². The van der Waals surface area contributed by atoms with E-state index in [2.05, 4.69) is 5.32 Å². The van der Waals surface area contributed by atoms with Crippen LogP contribution in [0.25, 0.3) is 0 Å². The van der Waals surface area contributed by atoms with E-state index in [9.17, 15) is 14.0 Å². The third-order valence-corrected chi connectivity index (χ3v) is 3.54. The number of hydrogen-bond acceptors (Lipinski definition) is 2. The molecule has 0 saturated heterocycles. The van der Waals surface area contributed by atoms with Crippen molar-refractivity contribution in [2.45, 2.75) is 13.8 Å². The molecule has 0 aliphatic heterocycles. The van der Waals surface area contributed by atoms with Crippen molar-refractivity contribution in [1.82, 2.24) is 4.90 Å². The summed E-state index contributed by atoms with van der Waals surface area (Å²) in [5, 5.41) is 2.51. The van der Waals surface area contributed by atoms with Gasteiger partial charge in [0.2, 0.25) is 0 Å². The number of rotatable bonds is 5. The van der Waals surface area contributed by atoms with E-state index in [0.717, 1.165) is 0 Å². The molecule has 0 unspecified atom stereocenters. The Morgan fingerprint density at radius 3 is 2.30 bits per heavy atom. The second-order valence-corrected chi connectivity index (χ2v) is 4.99. The summed E-state index contributed by atoms with van der Waals surface area (Å²) in [5.41, 5.74) is 0.860. The number of nitrogens with zero attached hydrogens (tertiary/aromatic N) is 1. The fourth-order valence-corrected chi connectivity index (χ4v) is 2.24. The van der Waals surface area contributed by atoms with Gasteiger partial charge in [-0.3, -0.25) is 9.59 Å². The van der Waals surface area contributed by atoms with Crippen molar-refractivity contribution in [2.75, 3.05) is 18.4 Å². The zero-order valence-electron chi connectivity index (χ0n) is 13.2. The van der Waals surface area contributed by atoms with Gasteiger partial charge in [0.05, 0.1) is 5.69 Å². The molecule has 0 radical (unpaired) electrons. The average Bonchev–Trinajstić information content (AvgIpc) is 2.58. The predicted octanol–water partition coefficient (Wildman–Crippen LogP) is 3.56. The van der Waals surface area contributed by atoms with Gasteiger partial charge < -0.3 is 10.2 Å². The van der Waals surface area contributed by atoms with E-state index in [4.69, 9.17) is 0 Å². The Morgan fingerprint density at radius 2 is 1.65 bits per heavy atom. The summed E-state index contributed by atoms with van der Waals surface area (Å²) in [6.45, 7) is 4.99. The minimum absolute atomic E-state index is 0.109. The quantitative estimate of drug-likeness (QED) is 0.917. The van der Waals surface area contributed by atoms with Gasteiger partial charge in [-0.15, -0.1) is 0 Å². The zero-order valence-corrected chi connectivity index (χ0v) is 13.2. The van der Waals surface area contributed by atoms with E-state index in [1.165, 1.54) is 18.2 Å². The van der Waals surface area contributed by atoms with Gasteiger partial charge in [0.15, 0.2) is 0 Å². The van der Waals surface area contributed by atoms with Crippen LogP contribution in [0.2, 0.25) is 0 Å². The van der Waals surface area contributed by atoms with Crippen molar-refractivity contribution in [1.29, 1.82) is 0 Å². The molecule has 0 bridgehead atoms. The first-order valence-corrected chi connectivity index (χ1v) is 7.52. The van der Waals surface area contributed by atoms with E-state index >= 15 is 0 Å². The van der Waals surface area contributed by atoms with Crippen molar-refractivity contribution in [3.05, 3.63) is 65.5 Å². The fourth-order valence-electron chi connectivity index (χ4n) is 2.24. The topological polar surface area (TPSA) is 49.4 Å². The number of carbonyl (C=O) groups is 2. The third kappa shape index (κ3) is 3.94. The van der Waals surface area contributed by atoms with Gasteiger partial charge in [-0.1, -0.05) is 18.2 Å². The van der Waals surface area contributed by atoms with E-state index < -0.39 is 11.7 Å². The highest BCUT2D eigenvalue weighted by Crippen LogP contribution is 2.15. The smallest absolute Gasteiger partial charge is 0.255 e. The van der Waals surface area contributed by atoms with Gasteiger partial charge in [0.1, 0.15) is 5.82 Å². The minimum atomic E-state index is -0.503. The molecule has 2 rings (SSSR count). The van der Waals surface area contributed by atoms with Crippen LogP contribution < -0.4 is 5.32 Å². The molecule has 0 heterocycles. The highest BCUT2D eigenvalue weighted by atomic mass is 19.1. The maximum atomic E-state index is 13.6. The molecule has 2 aromatic carbocycles. The Morgan fingerprint density at radius 1 is 1.00 bits per heavy atom. The van der Waals surface area contributed by atoms with Crippen molar-refractivity contribution in [2.24, 2.45) is 0 Å². The Labute approximate surface area is 134 Å². The molecule has 0 saturated carbocycles. The first kappa shape index (κ1) is 16.7. The highest BCUT2D eigenvalue weighted by molar-refractivity contribution is 6.06. The molecule has 2 amide bonds. The monoisotopic (exact) mass is 314 g/mol. The average molecular weight is 314 g/mol. The molecule has 4 nitrogen and oxygen atoms in total. The van der Waals surface area contributed by atoms with E-state index in [-0.39, 0.29) is 11.6 Å². The summed E-state index contributed by atoms with van der Waals surface area (Å²) in [6, 6.07) is 12.4. The number of anilines is 1. The lowest BCUT2D eigenvalue weighted by Crippen LogP contribution is -2.30. The summed E-state index contributed by atoms with van der Waals surface area (Å²) >= 11 is 0. The van der Waals surface area contributed by atoms with Crippen LogP contribution in [-0.4, -0.2) is 29.8 Å². The van der Waals surface area contributed by atoms with Crippen LogP contribution in [0, 0.1) is 5.82 Å². The lowest BCUT2D eigenvalue weighted by Gasteiger charge is -2.18. The van der Waals surface area contributed by atoms with Crippen LogP contribution in [0.1, 0.15) is 34.6 Å². The number of nitrogens with one attached hydrogen (secondary N) is 1. The first-order valence-electron chi connectivity index (χ1n) is 7.52. The molecular formula is C18H19FN2O2. The van der Waals surface area contributed by atoms with Gasteiger partial charge in [-0.05, 0) is 44.2 Å². The SMILES string of the molecule is CCN(CC)C(=O)c1cccc(C(=O)Nc2ccccc2F)c1. The van der Waals surface area contributed by atoms with Crippen molar-refractivity contribution < 1.29 is 14.0 Å². The molecule has 5 heteroatoms. The Kier molecular flexibility index (Phi) is 5.46. The molecule has 2 aromatic rings. The Balaban J connectivity index is 2.21. The normalized spacial score (nSPS) is 10.2. The molecule has 23 heavy (non-hydrogen) atoms. The van der Waals surface area contributed by atoms with Gasteiger partial charge in [0.25, 0.3) is 11.8 Å². The first-order chi connectivity index (χ1) is 11.1. The standard InChI is InChI=1S/C18H19FN2O2/c1-3-21(4-2)18(23)14-9-7-8-13(12-14)17(22)20-16-11-6-5-10-15(16)19/h5-12H,3-4H2,1-2H3,(H,20,22). The number of amides is 2. The minimum Gasteiger partial charge on any atom is -0.339 e. The molecule has 0 aliphatic carbocycles. The van der Waals surface area contributed by atoms with Gasteiger partial charge in [-0.25, -0.2) is 4.39 Å². The van der Waals surface area contributed by atoms with Crippen LogP contribution >= 0.6 is 0 Å². The molecular weight excluding hydrogens is 295 g/mol. The zero-order chi connectivity index (χ0) is 16.8. The third-order valence-electron chi connectivity index (χ3n) is 3.54. The highest BCUT2D eigenvalue weighted by Gasteiger charge is 2.15. The van der Waals surface area contributed by atoms with Crippen LogP contribution in [-0.2, 0) is 0 Å². The summed E-state index contributed by atoms with van der Waals surface area (Å²) in [6.07, 6.45) is 0. The van der Waals surface area contributed by atoms with Crippen LogP contribution in [0.4, 0.5) is 10.1 Å². The largest absolute Gasteiger partial charge is 0.339 e. The summed E-state index contributed by atoms with van der Waals surface area (Å²) in [7, 11) is 0. The molecule has 0 atom stereocenters. The van der Waals surface area contributed by atoms with Crippen LogP contribution in [0.5, 0.6) is 0 Å². The van der Waals surface area contributed by atoms with Crippen LogP contribution in [0.15, 0.2) is 48.5 Å². The summed E-state index contributed by atoms with van der Waals surface area (Å²) in [5.74, 6) is -1.09. The van der Waals surface area contributed by atoms with Crippen molar-refractivity contribution in [3.63, 3.8) is 0 Å². The number of halogens is 1. The van der Waals surface area contributed by atoms with Gasteiger partial charge in [-0.2, -0.15) is 0 Å². The lowest BCUT2D eigenvalue weighted by atomic mass is 10.1.